The molecule has 3 rings (SSSR count). The topological polar surface area (TPSA) is 47.3 Å². The van der Waals surface area contributed by atoms with Crippen molar-refractivity contribution in [3.8, 4) is 5.75 Å². The summed E-state index contributed by atoms with van der Waals surface area (Å²) in [5.41, 5.74) is 3.10. The highest BCUT2D eigenvalue weighted by Gasteiger charge is 2.14. The first-order valence-corrected chi connectivity index (χ1v) is 7.99. The number of aliphatic hydroxyl groups is 1. The highest BCUT2D eigenvalue weighted by Crippen LogP contribution is 2.19. The Morgan fingerprint density at radius 3 is 2.65 bits per heavy atom. The number of imidazole rings is 1. The normalized spacial score (nSPS) is 12.5. The van der Waals surface area contributed by atoms with Crippen molar-refractivity contribution in [1.29, 1.82) is 0 Å². The van der Waals surface area contributed by atoms with Crippen LogP contribution in [0, 0.1) is 6.92 Å². The number of para-hydroxylation sites is 3. The standard InChI is InChI=1S/C19H22N2O2/c1-3-19-20-16-9-5-6-10-17(16)21(19)12-15(22)13-23-18-11-7-4-8-14(18)2/h4-11,15,22H,3,12-13H2,1-2H3/t15-/m0/s1. The van der Waals surface area contributed by atoms with Crippen molar-refractivity contribution in [2.24, 2.45) is 0 Å². The molecule has 0 amide bonds. The van der Waals surface area contributed by atoms with E-state index in [1.807, 2.05) is 55.5 Å². The highest BCUT2D eigenvalue weighted by molar-refractivity contribution is 5.75. The molecule has 1 atom stereocenters. The summed E-state index contributed by atoms with van der Waals surface area (Å²) in [5.74, 6) is 1.80. The summed E-state index contributed by atoms with van der Waals surface area (Å²) >= 11 is 0. The molecule has 0 fully saturated rings. The molecule has 0 aliphatic carbocycles. The molecule has 1 heterocycles. The maximum absolute atomic E-state index is 10.4. The van der Waals surface area contributed by atoms with Gasteiger partial charge in [-0.1, -0.05) is 37.3 Å². The lowest BCUT2D eigenvalue weighted by Crippen LogP contribution is -2.24. The van der Waals surface area contributed by atoms with Crippen LogP contribution in [-0.4, -0.2) is 27.4 Å². The smallest absolute Gasteiger partial charge is 0.122 e. The molecule has 0 unspecified atom stereocenters. The third kappa shape index (κ3) is 3.37. The lowest BCUT2D eigenvalue weighted by atomic mass is 10.2. The zero-order chi connectivity index (χ0) is 16.2. The molecule has 0 radical (unpaired) electrons. The zero-order valence-corrected chi connectivity index (χ0v) is 13.6. The van der Waals surface area contributed by atoms with Gasteiger partial charge in [0.25, 0.3) is 0 Å². The molecule has 4 heteroatoms. The van der Waals surface area contributed by atoms with Gasteiger partial charge < -0.3 is 14.4 Å². The lowest BCUT2D eigenvalue weighted by molar-refractivity contribution is 0.0924. The van der Waals surface area contributed by atoms with E-state index in [2.05, 4.69) is 16.5 Å². The van der Waals surface area contributed by atoms with Crippen molar-refractivity contribution in [2.45, 2.75) is 32.9 Å². The maximum Gasteiger partial charge on any atom is 0.122 e. The minimum Gasteiger partial charge on any atom is -0.491 e. The highest BCUT2D eigenvalue weighted by atomic mass is 16.5. The van der Waals surface area contributed by atoms with Crippen molar-refractivity contribution in [1.82, 2.24) is 9.55 Å². The van der Waals surface area contributed by atoms with Gasteiger partial charge in [0.05, 0.1) is 17.6 Å². The number of fused-ring (bicyclic) bond motifs is 1. The second kappa shape index (κ2) is 6.84. The van der Waals surface area contributed by atoms with Gasteiger partial charge in [0, 0.05) is 6.42 Å². The summed E-state index contributed by atoms with van der Waals surface area (Å²) in [4.78, 5) is 4.63. The fraction of sp³-hybridized carbons (Fsp3) is 0.316. The van der Waals surface area contributed by atoms with E-state index >= 15 is 0 Å². The molecule has 0 spiro atoms. The fourth-order valence-corrected chi connectivity index (χ4v) is 2.77. The summed E-state index contributed by atoms with van der Waals surface area (Å²) in [7, 11) is 0. The van der Waals surface area contributed by atoms with Gasteiger partial charge in [-0.05, 0) is 30.7 Å². The Kier molecular flexibility index (Phi) is 4.63. The predicted octanol–water partition coefficient (Wildman–Crippen LogP) is 3.35. The number of aromatic nitrogens is 2. The maximum atomic E-state index is 10.4. The Labute approximate surface area is 136 Å². The van der Waals surface area contributed by atoms with Crippen molar-refractivity contribution >= 4 is 11.0 Å². The molecule has 0 saturated carbocycles. The lowest BCUT2D eigenvalue weighted by Gasteiger charge is -2.16. The van der Waals surface area contributed by atoms with Gasteiger partial charge in [-0.25, -0.2) is 4.98 Å². The van der Waals surface area contributed by atoms with Crippen LogP contribution in [0.25, 0.3) is 11.0 Å². The summed E-state index contributed by atoms with van der Waals surface area (Å²) < 4.78 is 7.83. The molecule has 4 nitrogen and oxygen atoms in total. The van der Waals surface area contributed by atoms with E-state index in [0.717, 1.165) is 34.6 Å². The van der Waals surface area contributed by atoms with E-state index in [9.17, 15) is 5.11 Å². The molecule has 23 heavy (non-hydrogen) atoms. The largest absolute Gasteiger partial charge is 0.491 e. The second-order valence-corrected chi connectivity index (χ2v) is 5.71. The number of rotatable bonds is 6. The van der Waals surface area contributed by atoms with E-state index < -0.39 is 6.10 Å². The van der Waals surface area contributed by atoms with Crippen LogP contribution in [0.3, 0.4) is 0 Å². The summed E-state index contributed by atoms with van der Waals surface area (Å²) in [5, 5.41) is 10.4. The van der Waals surface area contributed by atoms with Crippen LogP contribution < -0.4 is 4.74 Å². The van der Waals surface area contributed by atoms with Crippen LogP contribution in [0.2, 0.25) is 0 Å². The fourth-order valence-electron chi connectivity index (χ4n) is 2.77. The van der Waals surface area contributed by atoms with E-state index in [1.165, 1.54) is 0 Å². The molecule has 1 aromatic heterocycles. The molecule has 120 valence electrons. The first-order valence-electron chi connectivity index (χ1n) is 7.99. The Balaban J connectivity index is 1.73. The molecular weight excluding hydrogens is 288 g/mol. The zero-order valence-electron chi connectivity index (χ0n) is 13.6. The molecule has 0 saturated heterocycles. The van der Waals surface area contributed by atoms with E-state index in [1.54, 1.807) is 0 Å². The van der Waals surface area contributed by atoms with Crippen LogP contribution >= 0.6 is 0 Å². The van der Waals surface area contributed by atoms with E-state index in [0.29, 0.717) is 6.54 Å². The van der Waals surface area contributed by atoms with Gasteiger partial charge in [0.1, 0.15) is 24.3 Å². The quantitative estimate of drug-likeness (QED) is 0.759. The van der Waals surface area contributed by atoms with Crippen LogP contribution in [0.4, 0.5) is 0 Å². The Hall–Kier alpha value is -2.33. The predicted molar refractivity (Wildman–Crippen MR) is 91.8 cm³/mol. The molecule has 0 aliphatic rings. The van der Waals surface area contributed by atoms with Gasteiger partial charge >= 0.3 is 0 Å². The number of ether oxygens (including phenoxy) is 1. The van der Waals surface area contributed by atoms with Crippen LogP contribution in [0.1, 0.15) is 18.3 Å². The first-order chi connectivity index (χ1) is 11.2. The average Bonchev–Trinajstić information content (AvgIpc) is 2.92. The first kappa shape index (κ1) is 15.6. The molecule has 0 bridgehead atoms. The minimum absolute atomic E-state index is 0.264. The Bertz CT molecular complexity index is 795. The molecule has 1 N–H and O–H groups in total. The summed E-state index contributed by atoms with van der Waals surface area (Å²) in [6.45, 7) is 4.82. The summed E-state index contributed by atoms with van der Waals surface area (Å²) in [6, 6.07) is 15.9. The van der Waals surface area contributed by atoms with Gasteiger partial charge in [-0.3, -0.25) is 0 Å². The van der Waals surface area contributed by atoms with Crippen molar-refractivity contribution in [2.75, 3.05) is 6.61 Å². The van der Waals surface area contributed by atoms with Crippen LogP contribution in [-0.2, 0) is 13.0 Å². The number of aryl methyl sites for hydroxylation is 2. The Morgan fingerprint density at radius 1 is 1.13 bits per heavy atom. The van der Waals surface area contributed by atoms with E-state index in [4.69, 9.17) is 4.74 Å². The van der Waals surface area contributed by atoms with Gasteiger partial charge in [0.15, 0.2) is 0 Å². The number of hydrogen-bond acceptors (Lipinski definition) is 3. The second-order valence-electron chi connectivity index (χ2n) is 5.71. The van der Waals surface area contributed by atoms with Crippen LogP contribution in [0.15, 0.2) is 48.5 Å². The van der Waals surface area contributed by atoms with E-state index in [-0.39, 0.29) is 6.61 Å². The SMILES string of the molecule is CCc1nc2ccccc2n1C[C@H](O)COc1ccccc1C. The third-order valence-electron chi connectivity index (χ3n) is 3.97. The summed E-state index contributed by atoms with van der Waals surface area (Å²) in [6.07, 6.45) is 0.248. The number of hydrogen-bond donors (Lipinski definition) is 1. The average molecular weight is 310 g/mol. The van der Waals surface area contributed by atoms with Crippen molar-refractivity contribution in [3.05, 3.63) is 59.9 Å². The van der Waals surface area contributed by atoms with Crippen molar-refractivity contribution in [3.63, 3.8) is 0 Å². The molecule has 2 aromatic carbocycles. The number of aliphatic hydroxyl groups excluding tert-OH is 1. The van der Waals surface area contributed by atoms with Gasteiger partial charge in [0.2, 0.25) is 0 Å². The third-order valence-corrected chi connectivity index (χ3v) is 3.97. The molecule has 0 aliphatic heterocycles. The monoisotopic (exact) mass is 310 g/mol. The van der Waals surface area contributed by atoms with Gasteiger partial charge in [-0.15, -0.1) is 0 Å². The molecular formula is C19H22N2O2. The van der Waals surface area contributed by atoms with Crippen molar-refractivity contribution < 1.29 is 9.84 Å². The Morgan fingerprint density at radius 2 is 1.87 bits per heavy atom. The number of nitrogens with zero attached hydrogens (tertiary/aromatic N) is 2. The van der Waals surface area contributed by atoms with Gasteiger partial charge in [-0.2, -0.15) is 0 Å². The minimum atomic E-state index is -0.586. The van der Waals surface area contributed by atoms with Crippen LogP contribution in [0.5, 0.6) is 5.75 Å². The number of benzene rings is 2. The molecule has 3 aromatic rings.